The second-order valence-corrected chi connectivity index (χ2v) is 8.13. The van der Waals surface area contributed by atoms with Crippen LogP contribution in [0.4, 0.5) is 0 Å². The van der Waals surface area contributed by atoms with Crippen molar-refractivity contribution in [1.82, 2.24) is 9.80 Å². The topological polar surface area (TPSA) is 36.7 Å². The zero-order valence-electron chi connectivity index (χ0n) is 17.8. The summed E-state index contributed by atoms with van der Waals surface area (Å²) in [7, 11) is 4.05. The third-order valence-electron chi connectivity index (χ3n) is 5.63. The third kappa shape index (κ3) is 4.77. The van der Waals surface area contributed by atoms with E-state index in [0.717, 1.165) is 35.6 Å². The van der Waals surface area contributed by atoms with Crippen LogP contribution in [0, 0.1) is 0 Å². The van der Waals surface area contributed by atoms with Gasteiger partial charge in [-0.15, -0.1) is 12.4 Å². The van der Waals surface area contributed by atoms with E-state index in [1.165, 1.54) is 11.1 Å². The lowest BCUT2D eigenvalue weighted by Gasteiger charge is -2.26. The Morgan fingerprint density at radius 3 is 2.40 bits per heavy atom. The largest absolute Gasteiger partial charge is 0.464 e. The molecule has 158 valence electrons. The molecule has 1 atom stereocenters. The minimum atomic E-state index is 0. The van der Waals surface area contributed by atoms with Crippen LogP contribution in [0.5, 0.6) is 0 Å². The van der Waals surface area contributed by atoms with Crippen LogP contribution in [0.25, 0.3) is 0 Å². The quantitative estimate of drug-likeness (QED) is 0.570. The molecule has 1 amide bonds. The number of carbonyl (C=O) groups excluding carboxylic acids is 1. The summed E-state index contributed by atoms with van der Waals surface area (Å²) in [6, 6.07) is 20.6. The van der Waals surface area contributed by atoms with Crippen LogP contribution in [0.15, 0.2) is 65.1 Å². The average molecular weight is 425 g/mol. The monoisotopic (exact) mass is 424 g/mol. The van der Waals surface area contributed by atoms with E-state index in [1.807, 2.05) is 37.2 Å². The van der Waals surface area contributed by atoms with Gasteiger partial charge in [-0.25, -0.2) is 0 Å². The molecule has 0 saturated carbocycles. The fraction of sp³-hybridized carbons (Fsp3) is 0.320. The Balaban J connectivity index is 0.00000256. The molecule has 5 heteroatoms. The van der Waals surface area contributed by atoms with Gasteiger partial charge in [0.15, 0.2) is 0 Å². The number of halogens is 1. The molecular formula is C25H29ClN2O2. The van der Waals surface area contributed by atoms with Crippen LogP contribution >= 0.6 is 12.4 Å². The zero-order chi connectivity index (χ0) is 20.4. The van der Waals surface area contributed by atoms with Crippen molar-refractivity contribution in [3.8, 4) is 0 Å². The van der Waals surface area contributed by atoms with Gasteiger partial charge in [-0.1, -0.05) is 49.4 Å². The Morgan fingerprint density at radius 2 is 1.73 bits per heavy atom. The minimum absolute atomic E-state index is 0. The van der Waals surface area contributed by atoms with Gasteiger partial charge in [0.2, 0.25) is 0 Å². The Kier molecular flexibility index (Phi) is 7.01. The summed E-state index contributed by atoms with van der Waals surface area (Å²) in [5, 5.41) is 0. The molecule has 4 rings (SSSR count). The van der Waals surface area contributed by atoms with E-state index in [2.05, 4.69) is 54.3 Å². The van der Waals surface area contributed by atoms with E-state index in [4.69, 9.17) is 4.42 Å². The molecule has 0 radical (unpaired) electrons. The van der Waals surface area contributed by atoms with Crippen LogP contribution in [-0.4, -0.2) is 36.3 Å². The minimum Gasteiger partial charge on any atom is -0.464 e. The smallest absolute Gasteiger partial charge is 0.254 e. The van der Waals surface area contributed by atoms with Gasteiger partial charge in [0.05, 0.1) is 6.54 Å². The molecule has 0 bridgehead atoms. The van der Waals surface area contributed by atoms with Gasteiger partial charge >= 0.3 is 0 Å². The van der Waals surface area contributed by atoms with Crippen molar-refractivity contribution in [2.75, 3.05) is 20.6 Å². The first kappa shape index (κ1) is 22.1. The normalized spacial score (nSPS) is 14.2. The molecular weight excluding hydrogens is 396 g/mol. The van der Waals surface area contributed by atoms with E-state index in [1.54, 1.807) is 0 Å². The van der Waals surface area contributed by atoms with Crippen molar-refractivity contribution in [3.05, 3.63) is 94.4 Å². The third-order valence-corrected chi connectivity index (χ3v) is 5.63. The summed E-state index contributed by atoms with van der Waals surface area (Å²) in [6.07, 6.45) is 0.775. The van der Waals surface area contributed by atoms with Crippen molar-refractivity contribution in [1.29, 1.82) is 0 Å². The van der Waals surface area contributed by atoms with Gasteiger partial charge in [0, 0.05) is 36.6 Å². The van der Waals surface area contributed by atoms with E-state index in [-0.39, 0.29) is 18.3 Å². The second kappa shape index (κ2) is 9.50. The second-order valence-electron chi connectivity index (χ2n) is 8.13. The molecule has 2 aromatic carbocycles. The highest BCUT2D eigenvalue weighted by Crippen LogP contribution is 2.27. The summed E-state index contributed by atoms with van der Waals surface area (Å²) in [5.41, 5.74) is 4.38. The Bertz CT molecular complexity index is 980. The Morgan fingerprint density at radius 1 is 1.07 bits per heavy atom. The number of benzene rings is 2. The lowest BCUT2D eigenvalue weighted by Crippen LogP contribution is -2.35. The average Bonchev–Trinajstić information content (AvgIpc) is 3.14. The number of fused-ring (bicyclic) bond motifs is 1. The van der Waals surface area contributed by atoms with Gasteiger partial charge in [-0.05, 0) is 43.4 Å². The van der Waals surface area contributed by atoms with Gasteiger partial charge < -0.3 is 14.2 Å². The molecule has 0 spiro atoms. The highest BCUT2D eigenvalue weighted by molar-refractivity contribution is 5.94. The molecule has 3 aromatic rings. The summed E-state index contributed by atoms with van der Waals surface area (Å²) in [5.74, 6) is 2.38. The maximum absolute atomic E-state index is 13.0. The molecule has 0 aliphatic carbocycles. The highest BCUT2D eigenvalue weighted by Gasteiger charge is 2.25. The standard InChI is InChI=1S/C25H28N2O2.ClH/c1-18(19-7-5-4-6-8-19)20-9-11-21(12-10-20)25(28)27-14-13-24-22(16-27)15-23(29-24)17-26(2)3;/h4-12,15,18H,13-14,16-17H2,1-3H3;1H. The maximum atomic E-state index is 13.0. The molecule has 0 fully saturated rings. The first-order valence-electron chi connectivity index (χ1n) is 10.2. The SMILES string of the molecule is CC(c1ccccc1)c1ccc(C(=O)N2CCc3oc(CN(C)C)cc3C2)cc1.Cl. The van der Waals surface area contributed by atoms with Crippen LogP contribution in [0.2, 0.25) is 0 Å². The molecule has 1 unspecified atom stereocenters. The van der Waals surface area contributed by atoms with E-state index in [0.29, 0.717) is 19.0 Å². The lowest BCUT2D eigenvalue weighted by molar-refractivity contribution is 0.0729. The number of nitrogens with zero attached hydrogens (tertiary/aromatic N) is 2. The highest BCUT2D eigenvalue weighted by atomic mass is 35.5. The molecule has 30 heavy (non-hydrogen) atoms. The Hall–Kier alpha value is -2.56. The summed E-state index contributed by atoms with van der Waals surface area (Å²) >= 11 is 0. The van der Waals surface area contributed by atoms with Gasteiger partial charge in [0.1, 0.15) is 11.5 Å². The van der Waals surface area contributed by atoms with Crippen LogP contribution in [0.1, 0.15) is 51.4 Å². The van der Waals surface area contributed by atoms with E-state index in [9.17, 15) is 4.79 Å². The van der Waals surface area contributed by atoms with Gasteiger partial charge in [-0.3, -0.25) is 4.79 Å². The number of rotatable bonds is 5. The van der Waals surface area contributed by atoms with Crippen molar-refractivity contribution in [3.63, 3.8) is 0 Å². The summed E-state index contributed by atoms with van der Waals surface area (Å²) in [6.45, 7) is 4.29. The predicted molar refractivity (Wildman–Crippen MR) is 122 cm³/mol. The number of hydrogen-bond acceptors (Lipinski definition) is 3. The molecule has 2 heterocycles. The van der Waals surface area contributed by atoms with Crippen molar-refractivity contribution in [2.24, 2.45) is 0 Å². The number of amides is 1. The van der Waals surface area contributed by atoms with Crippen molar-refractivity contribution >= 4 is 18.3 Å². The van der Waals surface area contributed by atoms with Gasteiger partial charge in [-0.2, -0.15) is 0 Å². The van der Waals surface area contributed by atoms with E-state index >= 15 is 0 Å². The molecule has 1 aromatic heterocycles. The predicted octanol–water partition coefficient (Wildman–Crippen LogP) is 5.11. The number of hydrogen-bond donors (Lipinski definition) is 0. The number of carbonyl (C=O) groups is 1. The summed E-state index contributed by atoms with van der Waals surface area (Å²) < 4.78 is 5.96. The van der Waals surface area contributed by atoms with Crippen molar-refractivity contribution < 1.29 is 9.21 Å². The first-order valence-corrected chi connectivity index (χ1v) is 10.2. The maximum Gasteiger partial charge on any atom is 0.254 e. The molecule has 1 aliphatic rings. The van der Waals surface area contributed by atoms with Crippen LogP contribution in [0.3, 0.4) is 0 Å². The first-order chi connectivity index (χ1) is 14.0. The zero-order valence-corrected chi connectivity index (χ0v) is 18.6. The molecule has 0 saturated heterocycles. The molecule has 4 nitrogen and oxygen atoms in total. The van der Waals surface area contributed by atoms with Crippen molar-refractivity contribution in [2.45, 2.75) is 32.4 Å². The molecule has 0 N–H and O–H groups in total. The van der Waals surface area contributed by atoms with E-state index < -0.39 is 0 Å². The fourth-order valence-corrected chi connectivity index (χ4v) is 3.99. The Labute approximate surface area is 184 Å². The lowest BCUT2D eigenvalue weighted by atomic mass is 9.92. The molecule has 1 aliphatic heterocycles. The fourth-order valence-electron chi connectivity index (χ4n) is 3.99. The van der Waals surface area contributed by atoms with Gasteiger partial charge in [0.25, 0.3) is 5.91 Å². The number of furan rings is 1. The van der Waals surface area contributed by atoms with Crippen LogP contribution in [-0.2, 0) is 19.5 Å². The van der Waals surface area contributed by atoms with Crippen LogP contribution < -0.4 is 0 Å². The summed E-state index contributed by atoms with van der Waals surface area (Å²) in [4.78, 5) is 17.0.